The fourth-order valence-corrected chi connectivity index (χ4v) is 4.91. The summed E-state index contributed by atoms with van der Waals surface area (Å²) in [5.74, 6) is 0. The van der Waals surface area contributed by atoms with Crippen LogP contribution in [0.1, 0.15) is 11.1 Å². The summed E-state index contributed by atoms with van der Waals surface area (Å²) in [4.78, 5) is 9.13. The van der Waals surface area contributed by atoms with Crippen molar-refractivity contribution in [1.82, 2.24) is 4.98 Å². The standard InChI is InChI=1S/C25H20N2S/c1-17-16-23(18(2)15-20(17)19-11-13-26-14-12-19)27-21-7-3-5-9-24(21)28-25-10-6-4-8-22(25)27/h3-16H,1-2H3. The van der Waals surface area contributed by atoms with E-state index in [0.29, 0.717) is 0 Å². The van der Waals surface area contributed by atoms with Gasteiger partial charge in [-0.1, -0.05) is 36.0 Å². The van der Waals surface area contributed by atoms with Crippen molar-refractivity contribution >= 4 is 28.8 Å². The average molecular weight is 381 g/mol. The van der Waals surface area contributed by atoms with Crippen molar-refractivity contribution in [3.8, 4) is 11.1 Å². The summed E-state index contributed by atoms with van der Waals surface area (Å²) in [5, 5.41) is 0. The Bertz CT molecular complexity index is 1120. The molecule has 0 radical (unpaired) electrons. The molecular weight excluding hydrogens is 360 g/mol. The quantitative estimate of drug-likeness (QED) is 0.320. The Balaban J connectivity index is 1.71. The monoisotopic (exact) mass is 380 g/mol. The topological polar surface area (TPSA) is 16.1 Å². The van der Waals surface area contributed by atoms with Crippen LogP contribution in [0.3, 0.4) is 0 Å². The van der Waals surface area contributed by atoms with Crippen molar-refractivity contribution in [2.75, 3.05) is 4.90 Å². The number of anilines is 3. The van der Waals surface area contributed by atoms with Crippen LogP contribution >= 0.6 is 11.8 Å². The molecular formula is C25H20N2S. The van der Waals surface area contributed by atoms with Gasteiger partial charge in [-0.3, -0.25) is 4.98 Å². The zero-order valence-corrected chi connectivity index (χ0v) is 16.7. The van der Waals surface area contributed by atoms with E-state index in [1.54, 1.807) is 0 Å². The zero-order chi connectivity index (χ0) is 19.1. The van der Waals surface area contributed by atoms with E-state index < -0.39 is 0 Å². The fraction of sp³-hybridized carbons (Fsp3) is 0.0800. The molecule has 2 heterocycles. The number of benzene rings is 3. The van der Waals surface area contributed by atoms with Crippen molar-refractivity contribution in [1.29, 1.82) is 0 Å². The van der Waals surface area contributed by atoms with Crippen molar-refractivity contribution in [2.45, 2.75) is 23.6 Å². The number of rotatable bonds is 2. The Morgan fingerprint density at radius 3 is 1.93 bits per heavy atom. The molecule has 0 bridgehead atoms. The second-order valence-corrected chi connectivity index (χ2v) is 8.15. The molecule has 0 atom stereocenters. The number of pyridine rings is 1. The van der Waals surface area contributed by atoms with Gasteiger partial charge in [0.15, 0.2) is 0 Å². The third-order valence-electron chi connectivity index (χ3n) is 5.21. The van der Waals surface area contributed by atoms with Crippen molar-refractivity contribution in [2.24, 2.45) is 0 Å². The molecule has 1 aliphatic heterocycles. The van der Waals surface area contributed by atoms with Crippen molar-refractivity contribution < 1.29 is 0 Å². The summed E-state index contributed by atoms with van der Waals surface area (Å²) in [6, 6.07) is 26.1. The Kier molecular flexibility index (Phi) is 4.18. The van der Waals surface area contributed by atoms with Gasteiger partial charge in [-0.25, -0.2) is 0 Å². The lowest BCUT2D eigenvalue weighted by molar-refractivity contribution is 1.15. The molecule has 0 saturated heterocycles. The first-order chi connectivity index (χ1) is 13.7. The summed E-state index contributed by atoms with van der Waals surface area (Å²) < 4.78 is 0. The molecule has 136 valence electrons. The van der Waals surface area contributed by atoms with E-state index in [-0.39, 0.29) is 0 Å². The SMILES string of the molecule is Cc1cc(N2c3ccccc3Sc3ccccc32)c(C)cc1-c1ccncc1. The van der Waals surface area contributed by atoms with E-state index in [4.69, 9.17) is 0 Å². The van der Waals surface area contributed by atoms with Crippen LogP contribution in [0, 0.1) is 13.8 Å². The van der Waals surface area contributed by atoms with Gasteiger partial charge in [0.2, 0.25) is 0 Å². The predicted octanol–water partition coefficient (Wildman–Crippen LogP) is 7.30. The fourth-order valence-electron chi connectivity index (χ4n) is 3.85. The minimum absolute atomic E-state index is 1.21. The molecule has 0 aliphatic carbocycles. The Labute approximate surface area is 169 Å². The van der Waals surface area contributed by atoms with Gasteiger partial charge in [0.1, 0.15) is 0 Å². The summed E-state index contributed by atoms with van der Waals surface area (Å²) in [5.41, 5.74) is 8.70. The van der Waals surface area contributed by atoms with E-state index >= 15 is 0 Å². The third kappa shape index (κ3) is 2.79. The summed E-state index contributed by atoms with van der Waals surface area (Å²) in [7, 11) is 0. The van der Waals surface area contributed by atoms with Crippen LogP contribution in [0.5, 0.6) is 0 Å². The normalized spacial score (nSPS) is 12.4. The molecule has 0 N–H and O–H groups in total. The molecule has 28 heavy (non-hydrogen) atoms. The molecule has 5 rings (SSSR count). The molecule has 0 amide bonds. The highest BCUT2D eigenvalue weighted by molar-refractivity contribution is 7.99. The van der Waals surface area contributed by atoms with Crippen LogP contribution < -0.4 is 4.90 Å². The number of fused-ring (bicyclic) bond motifs is 2. The van der Waals surface area contributed by atoms with Crippen LogP contribution in [-0.4, -0.2) is 4.98 Å². The highest BCUT2D eigenvalue weighted by atomic mass is 32.2. The second kappa shape index (κ2) is 6.84. The summed E-state index contributed by atoms with van der Waals surface area (Å²) in [6.07, 6.45) is 3.71. The average Bonchev–Trinajstić information content (AvgIpc) is 2.74. The largest absolute Gasteiger partial charge is 0.308 e. The first kappa shape index (κ1) is 17.1. The smallest absolute Gasteiger partial charge is 0.0601 e. The van der Waals surface area contributed by atoms with E-state index in [1.807, 2.05) is 24.2 Å². The van der Waals surface area contributed by atoms with Crippen LogP contribution in [0.2, 0.25) is 0 Å². The van der Waals surface area contributed by atoms with Crippen LogP contribution in [-0.2, 0) is 0 Å². The van der Waals surface area contributed by atoms with Gasteiger partial charge in [-0.05, 0) is 84.6 Å². The number of hydrogen-bond acceptors (Lipinski definition) is 3. The van der Waals surface area contributed by atoms with E-state index in [2.05, 4.69) is 96.5 Å². The Hall–Kier alpha value is -3.04. The number of aryl methyl sites for hydroxylation is 2. The first-order valence-electron chi connectivity index (χ1n) is 9.40. The number of nitrogens with zero attached hydrogens (tertiary/aromatic N) is 2. The molecule has 0 unspecified atom stereocenters. The van der Waals surface area contributed by atoms with Gasteiger partial charge in [-0.2, -0.15) is 0 Å². The molecule has 0 spiro atoms. The minimum atomic E-state index is 1.21. The van der Waals surface area contributed by atoms with Gasteiger partial charge in [0.05, 0.1) is 11.4 Å². The lowest BCUT2D eigenvalue weighted by atomic mass is 9.97. The molecule has 0 saturated carbocycles. The predicted molar refractivity (Wildman–Crippen MR) is 118 cm³/mol. The van der Waals surface area contributed by atoms with Crippen LogP contribution in [0.4, 0.5) is 17.1 Å². The highest BCUT2D eigenvalue weighted by Crippen LogP contribution is 2.52. The van der Waals surface area contributed by atoms with Gasteiger partial charge in [-0.15, -0.1) is 0 Å². The van der Waals surface area contributed by atoms with Gasteiger partial charge in [0, 0.05) is 27.9 Å². The van der Waals surface area contributed by atoms with Crippen molar-refractivity contribution in [3.63, 3.8) is 0 Å². The molecule has 3 aromatic carbocycles. The molecule has 0 fully saturated rings. The Morgan fingerprint density at radius 2 is 1.29 bits per heavy atom. The third-order valence-corrected chi connectivity index (χ3v) is 6.34. The van der Waals surface area contributed by atoms with Crippen LogP contribution in [0.15, 0.2) is 95.0 Å². The molecule has 2 nitrogen and oxygen atoms in total. The first-order valence-corrected chi connectivity index (χ1v) is 10.2. The summed E-state index contributed by atoms with van der Waals surface area (Å²) in [6.45, 7) is 4.39. The lowest BCUT2D eigenvalue weighted by Crippen LogP contribution is -2.16. The minimum Gasteiger partial charge on any atom is -0.308 e. The number of aromatic nitrogens is 1. The van der Waals surface area contributed by atoms with Crippen molar-refractivity contribution in [3.05, 3.63) is 96.3 Å². The van der Waals surface area contributed by atoms with E-state index in [9.17, 15) is 0 Å². The molecule has 1 aromatic heterocycles. The summed E-state index contributed by atoms with van der Waals surface area (Å²) >= 11 is 1.84. The van der Waals surface area contributed by atoms with E-state index in [1.165, 1.54) is 49.1 Å². The number of para-hydroxylation sites is 2. The van der Waals surface area contributed by atoms with Gasteiger partial charge in [0.25, 0.3) is 0 Å². The molecule has 1 aliphatic rings. The molecule has 3 heteroatoms. The highest BCUT2D eigenvalue weighted by Gasteiger charge is 2.25. The number of hydrogen-bond donors (Lipinski definition) is 0. The second-order valence-electron chi connectivity index (χ2n) is 7.06. The van der Waals surface area contributed by atoms with Gasteiger partial charge < -0.3 is 4.90 Å². The Morgan fingerprint density at radius 1 is 0.679 bits per heavy atom. The lowest BCUT2D eigenvalue weighted by Gasteiger charge is -2.34. The van der Waals surface area contributed by atoms with Gasteiger partial charge >= 0.3 is 0 Å². The maximum Gasteiger partial charge on any atom is 0.0601 e. The van der Waals surface area contributed by atoms with E-state index in [0.717, 1.165) is 0 Å². The maximum atomic E-state index is 4.15. The zero-order valence-electron chi connectivity index (χ0n) is 15.9. The molecule has 4 aromatic rings. The van der Waals surface area contributed by atoms with Crippen LogP contribution in [0.25, 0.3) is 11.1 Å². The maximum absolute atomic E-state index is 4.15.